The topological polar surface area (TPSA) is 196 Å². The van der Waals surface area contributed by atoms with Gasteiger partial charge in [0.2, 0.25) is 0 Å². The molecular weight excluding hydrogens is 632 g/mol. The zero-order valence-corrected chi connectivity index (χ0v) is 23.3. The molecule has 2 amide bonds. The average molecular weight is 651 g/mol. The monoisotopic (exact) mass is 650 g/mol. The number of rotatable bonds is 9. The fraction of sp³-hybridized carbons (Fsp3) is 0.261. The van der Waals surface area contributed by atoms with Gasteiger partial charge < -0.3 is 20.6 Å². The van der Waals surface area contributed by atoms with Crippen molar-refractivity contribution in [2.45, 2.75) is 29.1 Å². The molecule has 0 spiro atoms. The summed E-state index contributed by atoms with van der Waals surface area (Å²) in [7, 11) is 0. The Morgan fingerprint density at radius 1 is 1.18 bits per heavy atom. The second-order valence-corrected chi connectivity index (χ2v) is 11.7. The molecule has 0 saturated carbocycles. The molecule has 0 aliphatic carbocycles. The highest BCUT2D eigenvalue weighted by molar-refractivity contribution is 9.10. The number of carbonyl (C=O) groups is 4. The molecule has 4 N–H and O–H groups in total. The van der Waals surface area contributed by atoms with E-state index in [1.807, 2.05) is 0 Å². The van der Waals surface area contributed by atoms with Gasteiger partial charge in [-0.05, 0) is 35.4 Å². The molecule has 0 bridgehead atoms. The molecule has 0 radical (unpaired) electrons. The number of carbonyl (C=O) groups excluding carboxylic acids is 2. The summed E-state index contributed by atoms with van der Waals surface area (Å²) in [4.78, 5) is 62.2. The molecule has 1 saturated heterocycles. The van der Waals surface area contributed by atoms with Crippen LogP contribution in [0.1, 0.15) is 11.7 Å². The number of carboxylic acid groups (broad SMARTS) is 2. The SMILES string of the molecule is O=C(O)Cn1nc2ccc(SCC3=C(C(=O)O)N4C(=O)C(NC(=O)C(O)c5cccc(Br)c5)[C@@H]4SC3)nn2c1=O. The minimum Gasteiger partial charge on any atom is -0.480 e. The van der Waals surface area contributed by atoms with Crippen LogP contribution in [0.3, 0.4) is 0 Å². The number of aromatic nitrogens is 4. The Labute approximate surface area is 241 Å². The van der Waals surface area contributed by atoms with Gasteiger partial charge in [-0.1, -0.05) is 28.1 Å². The van der Waals surface area contributed by atoms with Gasteiger partial charge >= 0.3 is 17.6 Å². The van der Waals surface area contributed by atoms with Gasteiger partial charge in [0.05, 0.1) is 0 Å². The zero-order chi connectivity index (χ0) is 28.7. The number of hydrogen-bond acceptors (Lipinski definition) is 10. The van der Waals surface area contributed by atoms with Gasteiger partial charge in [-0.15, -0.1) is 28.6 Å². The van der Waals surface area contributed by atoms with Gasteiger partial charge in [0, 0.05) is 16.0 Å². The number of halogens is 1. The van der Waals surface area contributed by atoms with E-state index in [1.54, 1.807) is 30.3 Å². The van der Waals surface area contributed by atoms with Crippen molar-refractivity contribution < 1.29 is 34.5 Å². The lowest BCUT2D eigenvalue weighted by atomic mass is 10.0. The highest BCUT2D eigenvalue weighted by Gasteiger charge is 2.54. The average Bonchev–Trinajstić information content (AvgIpc) is 3.22. The number of nitrogens with one attached hydrogen (secondary N) is 1. The normalized spacial score (nSPS) is 19.2. The maximum atomic E-state index is 12.9. The number of β-lactam (4-membered cyclic amide) rings is 1. The number of hydrogen-bond donors (Lipinski definition) is 4. The van der Waals surface area contributed by atoms with Gasteiger partial charge in [-0.3, -0.25) is 19.3 Å². The third kappa shape index (κ3) is 5.24. The molecule has 2 aliphatic heterocycles. The summed E-state index contributed by atoms with van der Waals surface area (Å²) in [6.07, 6.45) is -1.51. The first-order valence-corrected chi connectivity index (χ1v) is 14.3. The number of benzene rings is 1. The standard InChI is InChI=1S/C23H19BrN6O8S2/c24-12-3-1-2-10(6-12)18(33)19(34)25-16-20(35)29-17(22(36)37)11(9-40-21(16)29)8-39-14-5-4-13-26-28(7-15(31)32)23(38)30(13)27-14/h1-6,16,18,21,33H,7-9H2,(H,25,34)(H,31,32)(H,36,37)/t16?,18?,21-/m0/s1. The van der Waals surface area contributed by atoms with E-state index in [9.17, 15) is 34.2 Å². The molecule has 14 nitrogen and oxygen atoms in total. The first-order chi connectivity index (χ1) is 19.0. The van der Waals surface area contributed by atoms with E-state index in [4.69, 9.17) is 5.11 Å². The number of amides is 2. The third-order valence-corrected chi connectivity index (χ3v) is 8.89. The van der Waals surface area contributed by atoms with Gasteiger partial charge in [0.25, 0.3) is 11.8 Å². The van der Waals surface area contributed by atoms with Crippen molar-refractivity contribution in [2.75, 3.05) is 11.5 Å². The molecule has 1 aromatic carbocycles. The fourth-order valence-electron chi connectivity index (χ4n) is 4.22. The van der Waals surface area contributed by atoms with E-state index in [0.717, 1.165) is 25.9 Å². The first kappa shape index (κ1) is 27.9. The smallest absolute Gasteiger partial charge is 0.367 e. The van der Waals surface area contributed by atoms with Crippen LogP contribution in [0.4, 0.5) is 0 Å². The van der Waals surface area contributed by atoms with Crippen LogP contribution in [0.15, 0.2) is 62.0 Å². The number of aliphatic hydroxyl groups is 1. The lowest BCUT2D eigenvalue weighted by molar-refractivity contribution is -0.151. The zero-order valence-electron chi connectivity index (χ0n) is 20.1. The number of thioether (sulfide) groups is 2. The third-order valence-electron chi connectivity index (χ3n) is 6.06. The summed E-state index contributed by atoms with van der Waals surface area (Å²) < 4.78 is 2.39. The van der Waals surface area contributed by atoms with Gasteiger partial charge in [0.15, 0.2) is 11.8 Å². The first-order valence-electron chi connectivity index (χ1n) is 11.5. The highest BCUT2D eigenvalue weighted by atomic mass is 79.9. The van der Waals surface area contributed by atoms with Gasteiger partial charge in [0.1, 0.15) is 28.7 Å². The summed E-state index contributed by atoms with van der Waals surface area (Å²) in [6, 6.07) is 8.59. The number of fused-ring (bicyclic) bond motifs is 2. The lowest BCUT2D eigenvalue weighted by Crippen LogP contribution is -2.70. The number of carboxylic acids is 2. The van der Waals surface area contributed by atoms with Gasteiger partial charge in [-0.25, -0.2) is 9.59 Å². The van der Waals surface area contributed by atoms with Gasteiger partial charge in [-0.2, -0.15) is 14.3 Å². The van der Waals surface area contributed by atoms with E-state index in [-0.39, 0.29) is 22.8 Å². The van der Waals surface area contributed by atoms with Crippen molar-refractivity contribution in [3.05, 3.63) is 68.2 Å². The van der Waals surface area contributed by atoms with Crippen molar-refractivity contribution in [1.29, 1.82) is 0 Å². The van der Waals surface area contributed by atoms with Crippen molar-refractivity contribution in [1.82, 2.24) is 29.6 Å². The quantitative estimate of drug-likeness (QED) is 0.183. The molecule has 2 aromatic heterocycles. The molecule has 3 atom stereocenters. The molecule has 17 heteroatoms. The largest absolute Gasteiger partial charge is 0.480 e. The number of nitrogens with zero attached hydrogens (tertiary/aromatic N) is 5. The van der Waals surface area contributed by atoms with Crippen LogP contribution in [0.2, 0.25) is 0 Å². The van der Waals surface area contributed by atoms with Crippen molar-refractivity contribution in [2.24, 2.45) is 0 Å². The highest BCUT2D eigenvalue weighted by Crippen LogP contribution is 2.41. The van der Waals surface area contributed by atoms with Crippen molar-refractivity contribution in [3.63, 3.8) is 0 Å². The molecule has 5 rings (SSSR count). The molecule has 4 heterocycles. The van der Waals surface area contributed by atoms with E-state index in [1.165, 1.54) is 17.8 Å². The van der Waals surface area contributed by atoms with E-state index >= 15 is 0 Å². The van der Waals surface area contributed by atoms with E-state index in [2.05, 4.69) is 31.4 Å². The maximum absolute atomic E-state index is 12.9. The van der Waals surface area contributed by atoms with Crippen LogP contribution in [-0.2, 0) is 25.7 Å². The molecule has 208 valence electrons. The summed E-state index contributed by atoms with van der Waals surface area (Å²) in [6.45, 7) is -0.619. The predicted octanol–water partition coefficient (Wildman–Crippen LogP) is 0.302. The Hall–Kier alpha value is -3.67. The minimum absolute atomic E-state index is 0.139. The van der Waals surface area contributed by atoms with Crippen LogP contribution in [0.5, 0.6) is 0 Å². The van der Waals surface area contributed by atoms with Crippen molar-refractivity contribution in [3.8, 4) is 0 Å². The Kier molecular flexibility index (Phi) is 7.72. The second-order valence-electron chi connectivity index (χ2n) is 8.68. The van der Waals surface area contributed by atoms with Crippen LogP contribution in [0.25, 0.3) is 5.65 Å². The summed E-state index contributed by atoms with van der Waals surface area (Å²) in [5.41, 5.74) is 0.0150. The Morgan fingerprint density at radius 2 is 1.95 bits per heavy atom. The molecule has 1 fully saturated rings. The summed E-state index contributed by atoms with van der Waals surface area (Å²) in [5, 5.41) is 39.6. The van der Waals surface area contributed by atoms with Crippen molar-refractivity contribution >= 4 is 68.9 Å². The molecule has 3 aromatic rings. The number of aliphatic carboxylic acids is 2. The Balaban J connectivity index is 1.29. The second kappa shape index (κ2) is 11.1. The molecule has 40 heavy (non-hydrogen) atoms. The van der Waals surface area contributed by atoms with E-state index in [0.29, 0.717) is 20.6 Å². The lowest BCUT2D eigenvalue weighted by Gasteiger charge is -2.49. The Bertz CT molecular complexity index is 1660. The van der Waals surface area contributed by atoms with E-state index < -0.39 is 53.5 Å². The molecular formula is C23H19BrN6O8S2. The predicted molar refractivity (Wildman–Crippen MR) is 144 cm³/mol. The van der Waals surface area contributed by atoms with Crippen LogP contribution >= 0.6 is 39.5 Å². The fourth-order valence-corrected chi connectivity index (χ4v) is 6.97. The Morgan fingerprint density at radius 3 is 2.65 bits per heavy atom. The van der Waals surface area contributed by atoms with Crippen LogP contribution in [0, 0.1) is 0 Å². The molecule has 2 aliphatic rings. The summed E-state index contributed by atoms with van der Waals surface area (Å²) in [5.74, 6) is -3.53. The number of aliphatic hydroxyl groups excluding tert-OH is 1. The molecule has 2 unspecified atom stereocenters. The maximum Gasteiger partial charge on any atom is 0.367 e. The summed E-state index contributed by atoms with van der Waals surface area (Å²) >= 11 is 5.69. The van der Waals surface area contributed by atoms with Crippen LogP contribution in [-0.4, -0.2) is 86.3 Å². The van der Waals surface area contributed by atoms with Crippen LogP contribution < -0.4 is 11.0 Å². The minimum atomic E-state index is -1.51.